The zero-order valence-electron chi connectivity index (χ0n) is 17.0. The SMILES string of the molecule is Cc1ccc(CCC(=O)NCc2ccc(C(=O)N3CCNC(=O)C3)cc2)c(C)c1. The van der Waals surface area contributed by atoms with Crippen LogP contribution in [0.2, 0.25) is 0 Å². The Labute approximate surface area is 171 Å². The molecule has 2 aromatic carbocycles. The molecular formula is C23H27N3O3. The van der Waals surface area contributed by atoms with E-state index < -0.39 is 0 Å². The van der Waals surface area contributed by atoms with Gasteiger partial charge in [-0.25, -0.2) is 0 Å². The summed E-state index contributed by atoms with van der Waals surface area (Å²) in [5.41, 5.74) is 5.10. The molecule has 1 heterocycles. The lowest BCUT2D eigenvalue weighted by atomic mass is 10.0. The molecule has 0 atom stereocenters. The number of nitrogens with one attached hydrogen (secondary N) is 2. The Bertz CT molecular complexity index is 906. The minimum atomic E-state index is -0.149. The van der Waals surface area contributed by atoms with E-state index in [4.69, 9.17) is 0 Å². The second-order valence-corrected chi connectivity index (χ2v) is 7.48. The molecule has 0 aliphatic carbocycles. The highest BCUT2D eigenvalue weighted by Gasteiger charge is 2.22. The molecule has 29 heavy (non-hydrogen) atoms. The van der Waals surface area contributed by atoms with E-state index in [1.165, 1.54) is 16.7 Å². The molecule has 0 bridgehead atoms. The van der Waals surface area contributed by atoms with Crippen LogP contribution in [0.4, 0.5) is 0 Å². The molecule has 0 unspecified atom stereocenters. The maximum Gasteiger partial charge on any atom is 0.254 e. The Morgan fingerprint density at radius 3 is 2.55 bits per heavy atom. The van der Waals surface area contributed by atoms with Crippen molar-refractivity contribution in [2.45, 2.75) is 33.2 Å². The minimum absolute atomic E-state index is 0.00413. The first kappa shape index (κ1) is 20.6. The molecule has 6 nitrogen and oxygen atoms in total. The fraction of sp³-hybridized carbons (Fsp3) is 0.348. The first-order valence-electron chi connectivity index (χ1n) is 9.90. The van der Waals surface area contributed by atoms with E-state index in [1.807, 2.05) is 12.1 Å². The average Bonchev–Trinajstić information content (AvgIpc) is 2.71. The quantitative estimate of drug-likeness (QED) is 0.789. The predicted molar refractivity (Wildman–Crippen MR) is 111 cm³/mol. The second-order valence-electron chi connectivity index (χ2n) is 7.48. The lowest BCUT2D eigenvalue weighted by molar-refractivity contribution is -0.123. The van der Waals surface area contributed by atoms with E-state index >= 15 is 0 Å². The zero-order valence-corrected chi connectivity index (χ0v) is 17.0. The Hall–Kier alpha value is -3.15. The molecule has 1 fully saturated rings. The van der Waals surface area contributed by atoms with Crippen LogP contribution in [0.3, 0.4) is 0 Å². The number of hydrogen-bond donors (Lipinski definition) is 2. The van der Waals surface area contributed by atoms with Crippen molar-refractivity contribution in [2.24, 2.45) is 0 Å². The lowest BCUT2D eigenvalue weighted by Gasteiger charge is -2.26. The molecule has 0 spiro atoms. The highest BCUT2D eigenvalue weighted by molar-refractivity contribution is 5.97. The molecule has 0 saturated carbocycles. The summed E-state index contributed by atoms with van der Waals surface area (Å²) < 4.78 is 0. The van der Waals surface area contributed by atoms with E-state index in [0.717, 1.165) is 12.0 Å². The van der Waals surface area contributed by atoms with Crippen LogP contribution in [0.15, 0.2) is 42.5 Å². The second kappa shape index (κ2) is 9.37. The first-order chi connectivity index (χ1) is 13.9. The van der Waals surface area contributed by atoms with Crippen LogP contribution in [-0.4, -0.2) is 42.3 Å². The summed E-state index contributed by atoms with van der Waals surface area (Å²) in [6, 6.07) is 13.4. The van der Waals surface area contributed by atoms with Gasteiger partial charge in [-0.1, -0.05) is 35.9 Å². The van der Waals surface area contributed by atoms with Gasteiger partial charge in [0.25, 0.3) is 5.91 Å². The van der Waals surface area contributed by atoms with Crippen LogP contribution in [0.1, 0.15) is 39.0 Å². The fourth-order valence-electron chi connectivity index (χ4n) is 3.42. The van der Waals surface area contributed by atoms with E-state index in [-0.39, 0.29) is 24.3 Å². The van der Waals surface area contributed by atoms with Crippen LogP contribution in [0.25, 0.3) is 0 Å². The summed E-state index contributed by atoms with van der Waals surface area (Å²) in [5.74, 6) is -0.280. The number of rotatable bonds is 6. The van der Waals surface area contributed by atoms with Gasteiger partial charge >= 0.3 is 0 Å². The summed E-state index contributed by atoms with van der Waals surface area (Å²) in [4.78, 5) is 37.6. The Balaban J connectivity index is 1.47. The molecule has 0 aromatic heterocycles. The molecule has 1 saturated heterocycles. The number of nitrogens with zero attached hydrogens (tertiary/aromatic N) is 1. The highest BCUT2D eigenvalue weighted by atomic mass is 16.2. The number of carbonyl (C=O) groups is 3. The molecule has 3 amide bonds. The van der Waals surface area contributed by atoms with Crippen molar-refractivity contribution in [1.82, 2.24) is 15.5 Å². The molecule has 0 radical (unpaired) electrons. The molecule has 1 aliphatic rings. The molecule has 3 rings (SSSR count). The van der Waals surface area contributed by atoms with Gasteiger partial charge < -0.3 is 15.5 Å². The fourth-order valence-corrected chi connectivity index (χ4v) is 3.42. The molecular weight excluding hydrogens is 366 g/mol. The third-order valence-electron chi connectivity index (χ3n) is 5.14. The van der Waals surface area contributed by atoms with Gasteiger partial charge in [0.15, 0.2) is 0 Å². The van der Waals surface area contributed by atoms with Crippen molar-refractivity contribution in [3.63, 3.8) is 0 Å². The summed E-state index contributed by atoms with van der Waals surface area (Å²) in [6.45, 7) is 5.65. The topological polar surface area (TPSA) is 78.5 Å². The molecule has 2 aromatic rings. The number of aryl methyl sites for hydroxylation is 3. The molecule has 2 N–H and O–H groups in total. The standard InChI is InChI=1S/C23H27N3O3/c1-16-3-6-19(17(2)13-16)9-10-21(27)25-14-18-4-7-20(8-5-18)23(29)26-12-11-24-22(28)15-26/h3-8,13H,9-12,14-15H2,1-2H3,(H,24,28)(H,25,27). The van der Waals surface area contributed by atoms with Crippen LogP contribution in [-0.2, 0) is 22.6 Å². The number of benzene rings is 2. The van der Waals surface area contributed by atoms with Gasteiger partial charge in [0.05, 0.1) is 6.54 Å². The third kappa shape index (κ3) is 5.67. The number of piperazine rings is 1. The Morgan fingerprint density at radius 2 is 1.86 bits per heavy atom. The van der Waals surface area contributed by atoms with Gasteiger partial charge in [0.2, 0.25) is 11.8 Å². The van der Waals surface area contributed by atoms with Gasteiger partial charge in [-0.2, -0.15) is 0 Å². The van der Waals surface area contributed by atoms with Crippen molar-refractivity contribution in [3.8, 4) is 0 Å². The highest BCUT2D eigenvalue weighted by Crippen LogP contribution is 2.13. The van der Waals surface area contributed by atoms with Crippen molar-refractivity contribution >= 4 is 17.7 Å². The summed E-state index contributed by atoms with van der Waals surface area (Å²) in [7, 11) is 0. The van der Waals surface area contributed by atoms with Gasteiger partial charge in [-0.05, 0) is 49.1 Å². The number of amides is 3. The first-order valence-corrected chi connectivity index (χ1v) is 9.90. The summed E-state index contributed by atoms with van der Waals surface area (Å²) >= 11 is 0. The van der Waals surface area contributed by atoms with E-state index in [2.05, 4.69) is 42.7 Å². The number of hydrogen-bond acceptors (Lipinski definition) is 3. The number of carbonyl (C=O) groups excluding carboxylic acids is 3. The van der Waals surface area contributed by atoms with Crippen LogP contribution in [0.5, 0.6) is 0 Å². The Morgan fingerprint density at radius 1 is 1.10 bits per heavy atom. The van der Waals surface area contributed by atoms with Crippen LogP contribution in [0, 0.1) is 13.8 Å². The lowest BCUT2D eigenvalue weighted by Crippen LogP contribution is -2.49. The minimum Gasteiger partial charge on any atom is -0.353 e. The van der Waals surface area contributed by atoms with Crippen molar-refractivity contribution in [2.75, 3.05) is 19.6 Å². The molecule has 1 aliphatic heterocycles. The van der Waals surface area contributed by atoms with Crippen molar-refractivity contribution in [1.29, 1.82) is 0 Å². The summed E-state index contributed by atoms with van der Waals surface area (Å²) in [6.07, 6.45) is 1.16. The van der Waals surface area contributed by atoms with Crippen LogP contribution >= 0.6 is 0 Å². The van der Waals surface area contributed by atoms with Gasteiger partial charge in [-0.15, -0.1) is 0 Å². The molecule has 6 heteroatoms. The van der Waals surface area contributed by atoms with Gasteiger partial charge in [-0.3, -0.25) is 14.4 Å². The normalized spacial score (nSPS) is 13.7. The van der Waals surface area contributed by atoms with Crippen LogP contribution < -0.4 is 10.6 Å². The van der Waals surface area contributed by atoms with E-state index in [9.17, 15) is 14.4 Å². The van der Waals surface area contributed by atoms with Crippen molar-refractivity contribution in [3.05, 3.63) is 70.3 Å². The maximum absolute atomic E-state index is 12.5. The van der Waals surface area contributed by atoms with Gasteiger partial charge in [0, 0.05) is 31.6 Å². The average molecular weight is 393 g/mol. The van der Waals surface area contributed by atoms with Gasteiger partial charge in [0.1, 0.15) is 0 Å². The van der Waals surface area contributed by atoms with Crippen molar-refractivity contribution < 1.29 is 14.4 Å². The maximum atomic E-state index is 12.5. The monoisotopic (exact) mass is 393 g/mol. The predicted octanol–water partition coefficient (Wildman–Crippen LogP) is 2.12. The largest absolute Gasteiger partial charge is 0.353 e. The summed E-state index contributed by atoms with van der Waals surface area (Å²) in [5, 5.41) is 5.64. The third-order valence-corrected chi connectivity index (χ3v) is 5.14. The van der Waals surface area contributed by atoms with E-state index in [0.29, 0.717) is 31.6 Å². The smallest absolute Gasteiger partial charge is 0.254 e. The molecule has 152 valence electrons. The zero-order chi connectivity index (χ0) is 20.8. The van der Waals surface area contributed by atoms with E-state index in [1.54, 1.807) is 17.0 Å². The Kier molecular flexibility index (Phi) is 6.65.